The number of benzene rings is 10. The van der Waals surface area contributed by atoms with Gasteiger partial charge in [-0.1, -0.05) is 158 Å². The zero-order valence-electron chi connectivity index (χ0n) is 26.7. The van der Waals surface area contributed by atoms with Crippen LogP contribution in [0.3, 0.4) is 0 Å². The van der Waals surface area contributed by atoms with Crippen LogP contribution in [0.4, 0.5) is 17.1 Å². The Hall–Kier alpha value is -6.44. The van der Waals surface area contributed by atoms with Crippen molar-refractivity contribution in [1.29, 1.82) is 0 Å². The third kappa shape index (κ3) is 3.70. The summed E-state index contributed by atoms with van der Waals surface area (Å²) in [4.78, 5) is 2.52. The van der Waals surface area contributed by atoms with Gasteiger partial charge in [0.1, 0.15) is 0 Å². The summed E-state index contributed by atoms with van der Waals surface area (Å²) in [7, 11) is 0. The van der Waals surface area contributed by atoms with Crippen molar-refractivity contribution >= 4 is 103 Å². The van der Waals surface area contributed by atoms with Gasteiger partial charge in [-0.3, -0.25) is 0 Å². The molecule has 0 unspecified atom stereocenters. The third-order valence-electron chi connectivity index (χ3n) is 10.7. The van der Waals surface area contributed by atoms with Crippen molar-refractivity contribution in [2.24, 2.45) is 0 Å². The SMILES string of the molecule is c1ccc2c(N(c3cccc4ccccc34)c3cc4cccc5c6cccc7ccc8cccc(c9cccc3c9c45)c8c76)cccc2c1. The summed E-state index contributed by atoms with van der Waals surface area (Å²) in [6.07, 6.45) is 0. The number of hydrogen-bond acceptors (Lipinski definition) is 1. The molecule has 0 saturated carbocycles. The number of hydrogen-bond donors (Lipinski definition) is 0. The number of anilines is 3. The Morgan fingerprint density at radius 1 is 0.224 bits per heavy atom. The standard InChI is InChI=1S/C48H29N/c1-3-18-35-30(11-1)13-8-25-42(35)49(43-26-9-14-31-12-2-4-19-36(31)43)44-29-34-17-7-22-38-37-20-5-15-32-27-28-33-16-6-21-39(46(33)45(32)37)40-23-10-24-41(44)48(40)47(34)38/h1-29H. The molecule has 0 fully saturated rings. The molecule has 11 aromatic carbocycles. The topological polar surface area (TPSA) is 3.24 Å². The van der Waals surface area contributed by atoms with Crippen LogP contribution in [0.15, 0.2) is 176 Å². The summed E-state index contributed by atoms with van der Waals surface area (Å²) >= 11 is 0. The molecule has 0 aliphatic carbocycles. The van der Waals surface area contributed by atoms with Crippen molar-refractivity contribution in [3.63, 3.8) is 0 Å². The van der Waals surface area contributed by atoms with Crippen LogP contribution in [0, 0.1) is 0 Å². The lowest BCUT2D eigenvalue weighted by Crippen LogP contribution is -2.12. The van der Waals surface area contributed by atoms with Crippen LogP contribution < -0.4 is 4.90 Å². The summed E-state index contributed by atoms with van der Waals surface area (Å²) in [6, 6.07) is 65.3. The van der Waals surface area contributed by atoms with E-state index in [1.54, 1.807) is 0 Å². The Labute approximate surface area is 283 Å². The van der Waals surface area contributed by atoms with Gasteiger partial charge in [-0.2, -0.15) is 0 Å². The maximum absolute atomic E-state index is 2.52. The van der Waals surface area contributed by atoms with E-state index in [4.69, 9.17) is 0 Å². The Kier molecular flexibility index (Phi) is 5.45. The Morgan fingerprint density at radius 3 is 1.16 bits per heavy atom. The van der Waals surface area contributed by atoms with Gasteiger partial charge < -0.3 is 4.90 Å². The highest BCUT2D eigenvalue weighted by Crippen LogP contribution is 2.49. The zero-order chi connectivity index (χ0) is 32.1. The predicted molar refractivity (Wildman–Crippen MR) is 212 cm³/mol. The van der Waals surface area contributed by atoms with Crippen molar-refractivity contribution in [2.45, 2.75) is 0 Å². The first-order chi connectivity index (χ1) is 24.3. The van der Waals surface area contributed by atoms with Crippen LogP contribution >= 0.6 is 0 Å². The summed E-state index contributed by atoms with van der Waals surface area (Å²) in [5, 5.41) is 20.4. The van der Waals surface area contributed by atoms with Gasteiger partial charge in [-0.15, -0.1) is 0 Å². The van der Waals surface area contributed by atoms with Crippen molar-refractivity contribution in [2.75, 3.05) is 4.90 Å². The van der Waals surface area contributed by atoms with E-state index in [2.05, 4.69) is 181 Å². The summed E-state index contributed by atoms with van der Waals surface area (Å²) < 4.78 is 0. The largest absolute Gasteiger partial charge is 0.309 e. The second-order valence-electron chi connectivity index (χ2n) is 13.2. The number of rotatable bonds is 3. The van der Waals surface area contributed by atoms with Gasteiger partial charge in [-0.05, 0) is 82.8 Å². The van der Waals surface area contributed by atoms with Crippen molar-refractivity contribution in [3.8, 4) is 0 Å². The van der Waals surface area contributed by atoms with Gasteiger partial charge in [0.2, 0.25) is 0 Å². The molecule has 0 aliphatic rings. The van der Waals surface area contributed by atoms with E-state index in [1.807, 2.05) is 0 Å². The van der Waals surface area contributed by atoms with Gasteiger partial charge in [-0.25, -0.2) is 0 Å². The normalized spacial score (nSPS) is 12.1. The van der Waals surface area contributed by atoms with E-state index in [-0.39, 0.29) is 0 Å². The van der Waals surface area contributed by atoms with Gasteiger partial charge in [0.15, 0.2) is 0 Å². The fourth-order valence-electron chi connectivity index (χ4n) is 8.66. The van der Waals surface area contributed by atoms with E-state index >= 15 is 0 Å². The zero-order valence-corrected chi connectivity index (χ0v) is 26.7. The highest BCUT2D eigenvalue weighted by Gasteiger charge is 2.23. The number of nitrogens with zero attached hydrogens (tertiary/aromatic N) is 1. The quantitative estimate of drug-likeness (QED) is 0.178. The van der Waals surface area contributed by atoms with Gasteiger partial charge in [0.25, 0.3) is 0 Å². The van der Waals surface area contributed by atoms with E-state index in [9.17, 15) is 0 Å². The van der Waals surface area contributed by atoms with E-state index in [0.29, 0.717) is 0 Å². The fourth-order valence-corrected chi connectivity index (χ4v) is 8.66. The lowest BCUT2D eigenvalue weighted by atomic mass is 9.87. The molecule has 0 spiro atoms. The lowest BCUT2D eigenvalue weighted by molar-refractivity contribution is 1.33. The van der Waals surface area contributed by atoms with Crippen molar-refractivity contribution in [1.82, 2.24) is 0 Å². The molecule has 0 saturated heterocycles. The lowest BCUT2D eigenvalue weighted by Gasteiger charge is -2.30. The molecule has 0 N–H and O–H groups in total. The van der Waals surface area contributed by atoms with Crippen LogP contribution in [-0.4, -0.2) is 0 Å². The molecule has 226 valence electrons. The van der Waals surface area contributed by atoms with Crippen LogP contribution in [0.2, 0.25) is 0 Å². The van der Waals surface area contributed by atoms with Crippen molar-refractivity contribution in [3.05, 3.63) is 176 Å². The highest BCUT2D eigenvalue weighted by molar-refractivity contribution is 6.38. The van der Waals surface area contributed by atoms with Crippen molar-refractivity contribution < 1.29 is 0 Å². The second-order valence-corrected chi connectivity index (χ2v) is 13.2. The smallest absolute Gasteiger partial charge is 0.0547 e. The van der Waals surface area contributed by atoms with Crippen LogP contribution in [0.1, 0.15) is 0 Å². The molecule has 0 amide bonds. The Morgan fingerprint density at radius 2 is 0.592 bits per heavy atom. The van der Waals surface area contributed by atoms with E-state index in [0.717, 1.165) is 0 Å². The first-order valence-corrected chi connectivity index (χ1v) is 17.0. The molecular formula is C48H29N. The molecule has 0 atom stereocenters. The molecule has 1 heteroatoms. The molecule has 0 bridgehead atoms. The van der Waals surface area contributed by atoms with Gasteiger partial charge in [0.05, 0.1) is 17.1 Å². The highest BCUT2D eigenvalue weighted by atomic mass is 15.1. The molecule has 1 nitrogen and oxygen atoms in total. The first kappa shape index (κ1) is 26.6. The molecule has 11 aromatic rings. The Bertz CT molecular complexity index is 3030. The summed E-state index contributed by atoms with van der Waals surface area (Å²) in [5.74, 6) is 0. The Balaban J connectivity index is 1.39. The maximum Gasteiger partial charge on any atom is 0.0547 e. The average molecular weight is 620 g/mol. The molecule has 11 rings (SSSR count). The maximum atomic E-state index is 2.52. The molecule has 0 aromatic heterocycles. The van der Waals surface area contributed by atoms with Crippen LogP contribution in [0.25, 0.3) is 86.2 Å². The fraction of sp³-hybridized carbons (Fsp3) is 0. The van der Waals surface area contributed by atoms with Crippen LogP contribution in [0.5, 0.6) is 0 Å². The van der Waals surface area contributed by atoms with E-state index < -0.39 is 0 Å². The second kappa shape index (κ2) is 10.0. The summed E-state index contributed by atoms with van der Waals surface area (Å²) in [5.41, 5.74) is 3.51. The predicted octanol–water partition coefficient (Wildman–Crippen LogP) is 13.8. The minimum atomic E-state index is 1.17. The molecule has 0 aliphatic heterocycles. The minimum Gasteiger partial charge on any atom is -0.309 e. The van der Waals surface area contributed by atoms with Crippen LogP contribution in [-0.2, 0) is 0 Å². The summed E-state index contributed by atoms with van der Waals surface area (Å²) in [6.45, 7) is 0. The monoisotopic (exact) mass is 619 g/mol. The van der Waals surface area contributed by atoms with Gasteiger partial charge >= 0.3 is 0 Å². The molecular weight excluding hydrogens is 591 g/mol. The molecule has 0 radical (unpaired) electrons. The van der Waals surface area contributed by atoms with E-state index in [1.165, 1.54) is 103 Å². The average Bonchev–Trinajstić information content (AvgIpc) is 3.16. The molecule has 0 heterocycles. The minimum absolute atomic E-state index is 1.17. The van der Waals surface area contributed by atoms with Gasteiger partial charge in [0, 0.05) is 21.5 Å². The third-order valence-corrected chi connectivity index (χ3v) is 10.7. The molecule has 49 heavy (non-hydrogen) atoms. The first-order valence-electron chi connectivity index (χ1n) is 17.0. The number of fused-ring (bicyclic) bond motifs is 4.